The highest BCUT2D eigenvalue weighted by atomic mass is 16.6. The van der Waals surface area contributed by atoms with Crippen LogP contribution in [0.5, 0.6) is 0 Å². The monoisotopic (exact) mass is 422 g/mol. The van der Waals surface area contributed by atoms with Crippen molar-refractivity contribution in [1.82, 2.24) is 9.88 Å². The lowest BCUT2D eigenvalue weighted by molar-refractivity contribution is -0.151. The molecule has 2 rings (SSSR count). The van der Waals surface area contributed by atoms with Gasteiger partial charge in [-0.15, -0.1) is 0 Å². The summed E-state index contributed by atoms with van der Waals surface area (Å²) in [6.45, 7) is 10.4. The smallest absolute Gasteiger partial charge is 0.411 e. The molecule has 1 aliphatic heterocycles. The second-order valence-electron chi connectivity index (χ2n) is 8.39. The van der Waals surface area contributed by atoms with E-state index in [0.29, 0.717) is 30.6 Å². The van der Waals surface area contributed by atoms with E-state index in [0.717, 1.165) is 0 Å². The molecular weight excluding hydrogens is 392 g/mol. The van der Waals surface area contributed by atoms with Gasteiger partial charge in [-0.1, -0.05) is 0 Å². The zero-order valence-electron chi connectivity index (χ0n) is 18.6. The first-order valence-corrected chi connectivity index (χ1v) is 9.89. The molecule has 30 heavy (non-hydrogen) atoms. The third kappa shape index (κ3) is 5.01. The maximum Gasteiger partial charge on any atom is 0.411 e. The molecule has 2 atom stereocenters. The number of aromatic nitrogens is 1. The van der Waals surface area contributed by atoms with Crippen molar-refractivity contribution >= 4 is 23.8 Å². The minimum absolute atomic E-state index is 0.184. The Bertz CT molecular complexity index is 850. The average molecular weight is 422 g/mol. The van der Waals surface area contributed by atoms with Crippen molar-refractivity contribution in [2.24, 2.45) is 0 Å². The van der Waals surface area contributed by atoms with Crippen molar-refractivity contribution in [3.63, 3.8) is 0 Å². The van der Waals surface area contributed by atoms with E-state index >= 15 is 0 Å². The van der Waals surface area contributed by atoms with Crippen molar-refractivity contribution in [3.8, 4) is 0 Å². The van der Waals surface area contributed by atoms with Crippen LogP contribution < -0.4 is 0 Å². The minimum atomic E-state index is -1.10. The van der Waals surface area contributed by atoms with Crippen molar-refractivity contribution in [1.29, 1.82) is 0 Å². The number of carbonyl (C=O) groups is 4. The maximum atomic E-state index is 12.8. The third-order valence-electron chi connectivity index (χ3n) is 4.89. The van der Waals surface area contributed by atoms with Gasteiger partial charge in [0.2, 0.25) is 5.78 Å². The quantitative estimate of drug-likeness (QED) is 0.441. The van der Waals surface area contributed by atoms with Gasteiger partial charge in [-0.3, -0.25) is 9.69 Å². The number of rotatable bonds is 5. The van der Waals surface area contributed by atoms with E-state index in [1.54, 1.807) is 34.6 Å². The fourth-order valence-corrected chi connectivity index (χ4v) is 3.47. The molecule has 0 unspecified atom stereocenters. The molecule has 2 heterocycles. The number of carbonyl (C=O) groups excluding carboxylic acids is 4. The summed E-state index contributed by atoms with van der Waals surface area (Å²) in [5.74, 6) is -1.68. The number of likely N-dealkylation sites (tertiary alicyclic amines) is 1. The van der Waals surface area contributed by atoms with Crippen LogP contribution in [0.3, 0.4) is 0 Å². The molecule has 1 saturated heterocycles. The van der Waals surface area contributed by atoms with Crippen molar-refractivity contribution in [2.45, 2.75) is 72.1 Å². The number of Topliss-reactive ketones (excluding diaryl/α,β-unsaturated/α-hetero) is 1. The van der Waals surface area contributed by atoms with Gasteiger partial charge in [0.15, 0.2) is 6.10 Å². The molecule has 9 nitrogen and oxygen atoms in total. The molecule has 0 spiro atoms. The summed E-state index contributed by atoms with van der Waals surface area (Å²) >= 11 is 0. The molecule has 0 aromatic carbocycles. The number of amides is 1. The highest BCUT2D eigenvalue weighted by Crippen LogP contribution is 2.24. The van der Waals surface area contributed by atoms with Gasteiger partial charge in [0.05, 0.1) is 18.4 Å². The standard InChI is InChI=1S/C21H30N2O7/c1-11-15(19(26)28-7)12(2)22-16(11)17(24)13(3)29-18(25)14-9-8-10-23(14)20(27)30-21(4,5)6/h13-14,22H,8-10H2,1-7H3/t13-,14+/m0/s1. The predicted octanol–water partition coefficient (Wildman–Crippen LogP) is 2.93. The normalized spacial score (nSPS) is 17.4. The Balaban J connectivity index is 2.11. The van der Waals surface area contributed by atoms with Crippen LogP contribution in [0.1, 0.15) is 72.6 Å². The third-order valence-corrected chi connectivity index (χ3v) is 4.89. The zero-order chi connectivity index (χ0) is 22.8. The highest BCUT2D eigenvalue weighted by Gasteiger charge is 2.39. The number of nitrogens with zero attached hydrogens (tertiary/aromatic N) is 1. The number of esters is 2. The molecule has 166 valence electrons. The van der Waals surface area contributed by atoms with Gasteiger partial charge < -0.3 is 19.2 Å². The molecule has 1 N–H and O–H groups in total. The van der Waals surface area contributed by atoms with Gasteiger partial charge in [0, 0.05) is 12.2 Å². The Labute approximate surface area is 176 Å². The van der Waals surface area contributed by atoms with Crippen LogP contribution in [0.15, 0.2) is 0 Å². The number of hydrogen-bond donors (Lipinski definition) is 1. The summed E-state index contributed by atoms with van der Waals surface area (Å²) in [6, 6.07) is -0.799. The van der Waals surface area contributed by atoms with Gasteiger partial charge in [-0.05, 0) is 59.9 Å². The van der Waals surface area contributed by atoms with Crippen molar-refractivity contribution in [3.05, 3.63) is 22.5 Å². The lowest BCUT2D eigenvalue weighted by atomic mass is 10.1. The number of nitrogens with one attached hydrogen (secondary N) is 1. The van der Waals surface area contributed by atoms with E-state index in [9.17, 15) is 19.2 Å². The molecule has 1 fully saturated rings. The first-order valence-electron chi connectivity index (χ1n) is 9.89. The first-order chi connectivity index (χ1) is 13.9. The zero-order valence-corrected chi connectivity index (χ0v) is 18.6. The molecule has 1 aliphatic rings. The average Bonchev–Trinajstić information content (AvgIpc) is 3.24. The van der Waals surface area contributed by atoms with Crippen molar-refractivity contribution < 1.29 is 33.4 Å². The SMILES string of the molecule is COC(=O)c1c(C)[nH]c(C(=O)[C@H](C)OC(=O)[C@H]2CCCN2C(=O)OC(C)(C)C)c1C. The molecule has 0 bridgehead atoms. The molecule has 1 aromatic heterocycles. The lowest BCUT2D eigenvalue weighted by Gasteiger charge is -2.28. The number of ether oxygens (including phenoxy) is 3. The number of aryl methyl sites for hydroxylation is 1. The van der Waals surface area contributed by atoms with Gasteiger partial charge in [0.1, 0.15) is 11.6 Å². The van der Waals surface area contributed by atoms with E-state index in [-0.39, 0.29) is 11.3 Å². The van der Waals surface area contributed by atoms with Gasteiger partial charge in [-0.25, -0.2) is 14.4 Å². The molecule has 0 saturated carbocycles. The summed E-state index contributed by atoms with van der Waals surface area (Å²) in [7, 11) is 1.26. The second-order valence-corrected chi connectivity index (χ2v) is 8.39. The summed E-state index contributed by atoms with van der Waals surface area (Å²) in [5.41, 5.74) is 0.712. The Kier molecular flexibility index (Phi) is 6.95. The van der Waals surface area contributed by atoms with E-state index in [2.05, 4.69) is 4.98 Å². The molecule has 1 aromatic rings. The number of aromatic amines is 1. The number of hydrogen-bond acceptors (Lipinski definition) is 7. The molecule has 0 aliphatic carbocycles. The van der Waals surface area contributed by atoms with Crippen LogP contribution in [-0.2, 0) is 19.0 Å². The van der Waals surface area contributed by atoms with Crippen LogP contribution in [-0.4, -0.2) is 65.1 Å². The Morgan fingerprint density at radius 3 is 2.37 bits per heavy atom. The summed E-state index contributed by atoms with van der Waals surface area (Å²) in [6.07, 6.45) is -0.606. The topological polar surface area (TPSA) is 115 Å². The first kappa shape index (κ1) is 23.4. The second kappa shape index (κ2) is 8.89. The van der Waals surface area contributed by atoms with E-state index in [4.69, 9.17) is 14.2 Å². The fourth-order valence-electron chi connectivity index (χ4n) is 3.47. The van der Waals surface area contributed by atoms with Gasteiger partial charge >= 0.3 is 18.0 Å². The van der Waals surface area contributed by atoms with Crippen LogP contribution in [0.25, 0.3) is 0 Å². The van der Waals surface area contributed by atoms with E-state index < -0.39 is 41.6 Å². The lowest BCUT2D eigenvalue weighted by Crippen LogP contribution is -2.45. The van der Waals surface area contributed by atoms with Gasteiger partial charge in [0.25, 0.3) is 0 Å². The molecular formula is C21H30N2O7. The Hall–Kier alpha value is -2.84. The number of H-pyrrole nitrogens is 1. The summed E-state index contributed by atoms with van der Waals surface area (Å²) in [4.78, 5) is 54.0. The molecule has 0 radical (unpaired) electrons. The van der Waals surface area contributed by atoms with E-state index in [1.165, 1.54) is 18.9 Å². The Morgan fingerprint density at radius 2 is 1.80 bits per heavy atom. The Morgan fingerprint density at radius 1 is 1.17 bits per heavy atom. The van der Waals surface area contributed by atoms with Crippen LogP contribution in [0.4, 0.5) is 4.79 Å². The molecule has 1 amide bonds. The maximum absolute atomic E-state index is 12.8. The van der Waals surface area contributed by atoms with Crippen molar-refractivity contribution in [2.75, 3.05) is 13.7 Å². The fraction of sp³-hybridized carbons (Fsp3) is 0.619. The highest BCUT2D eigenvalue weighted by molar-refractivity contribution is 6.04. The van der Waals surface area contributed by atoms with Gasteiger partial charge in [-0.2, -0.15) is 0 Å². The number of methoxy groups -OCH3 is 1. The summed E-state index contributed by atoms with van der Waals surface area (Å²) in [5, 5.41) is 0. The largest absolute Gasteiger partial charge is 0.465 e. The van der Waals surface area contributed by atoms with E-state index in [1.807, 2.05) is 0 Å². The van der Waals surface area contributed by atoms with Crippen LogP contribution >= 0.6 is 0 Å². The van der Waals surface area contributed by atoms with Crippen LogP contribution in [0.2, 0.25) is 0 Å². The summed E-state index contributed by atoms with van der Waals surface area (Å²) < 4.78 is 15.5. The predicted molar refractivity (Wildman–Crippen MR) is 107 cm³/mol. The minimum Gasteiger partial charge on any atom is -0.465 e. The molecule has 9 heteroatoms. The number of ketones is 1. The van der Waals surface area contributed by atoms with Crippen LogP contribution in [0, 0.1) is 13.8 Å².